The van der Waals surface area contributed by atoms with Crippen LogP contribution in [0.25, 0.3) is 5.57 Å². The summed E-state index contributed by atoms with van der Waals surface area (Å²) in [7, 11) is 0. The molecule has 0 unspecified atom stereocenters. The zero-order chi connectivity index (χ0) is 16.1. The summed E-state index contributed by atoms with van der Waals surface area (Å²) in [5.74, 6) is 0. The molecule has 23 heavy (non-hydrogen) atoms. The van der Waals surface area contributed by atoms with E-state index in [0.717, 1.165) is 0 Å². The lowest BCUT2D eigenvalue weighted by Gasteiger charge is -2.13. The number of para-hydroxylation sites is 1. The third-order valence-corrected chi connectivity index (χ3v) is 4.01. The first kappa shape index (κ1) is 15.1. The first-order valence-corrected chi connectivity index (χ1v) is 7.89. The van der Waals surface area contributed by atoms with Crippen molar-refractivity contribution in [3.05, 3.63) is 107 Å². The molecule has 0 amide bonds. The molecule has 3 rings (SSSR count). The Hall–Kier alpha value is -2.80. The van der Waals surface area contributed by atoms with Crippen LogP contribution in [0.4, 0.5) is 5.69 Å². The molecule has 0 spiro atoms. The maximum atomic E-state index is 3.52. The van der Waals surface area contributed by atoms with Gasteiger partial charge in [-0.2, -0.15) is 0 Å². The first-order valence-electron chi connectivity index (χ1n) is 7.89. The highest BCUT2D eigenvalue weighted by Crippen LogP contribution is 2.25. The van der Waals surface area contributed by atoms with Crippen molar-refractivity contribution in [1.29, 1.82) is 0 Å². The average Bonchev–Trinajstić information content (AvgIpc) is 2.59. The van der Waals surface area contributed by atoms with Crippen molar-refractivity contribution < 1.29 is 0 Å². The summed E-state index contributed by atoms with van der Waals surface area (Å²) < 4.78 is 0. The Balaban J connectivity index is 2.02. The zero-order valence-electron chi connectivity index (χ0n) is 13.6. The fourth-order valence-electron chi connectivity index (χ4n) is 2.76. The number of anilines is 1. The van der Waals surface area contributed by atoms with Crippen LogP contribution >= 0.6 is 0 Å². The second-order valence-electron chi connectivity index (χ2n) is 5.70. The SMILES string of the molecule is Cc1cccc(C)c1NC=C(c1ccccc1)c1ccccc1. The lowest BCUT2D eigenvalue weighted by molar-refractivity contribution is 1.36. The van der Waals surface area contributed by atoms with Crippen molar-refractivity contribution in [2.45, 2.75) is 13.8 Å². The lowest BCUT2D eigenvalue weighted by atomic mass is 9.99. The van der Waals surface area contributed by atoms with Crippen LogP contribution in [0.15, 0.2) is 85.1 Å². The first-order chi connectivity index (χ1) is 11.3. The van der Waals surface area contributed by atoms with Gasteiger partial charge < -0.3 is 5.32 Å². The third kappa shape index (κ3) is 3.51. The van der Waals surface area contributed by atoms with Gasteiger partial charge in [0.15, 0.2) is 0 Å². The summed E-state index contributed by atoms with van der Waals surface area (Å²) in [6.45, 7) is 4.27. The molecule has 0 saturated carbocycles. The average molecular weight is 299 g/mol. The van der Waals surface area contributed by atoms with E-state index in [2.05, 4.69) is 92.1 Å². The van der Waals surface area contributed by atoms with Crippen LogP contribution in [0.5, 0.6) is 0 Å². The van der Waals surface area contributed by atoms with E-state index in [-0.39, 0.29) is 0 Å². The van der Waals surface area contributed by atoms with Gasteiger partial charge >= 0.3 is 0 Å². The van der Waals surface area contributed by atoms with Crippen molar-refractivity contribution in [3.8, 4) is 0 Å². The van der Waals surface area contributed by atoms with E-state index in [4.69, 9.17) is 0 Å². The fraction of sp³-hybridized carbons (Fsp3) is 0.0909. The number of nitrogens with one attached hydrogen (secondary N) is 1. The Labute approximate surface area is 138 Å². The summed E-state index contributed by atoms with van der Waals surface area (Å²) in [5, 5.41) is 3.52. The monoisotopic (exact) mass is 299 g/mol. The number of hydrogen-bond acceptors (Lipinski definition) is 1. The van der Waals surface area contributed by atoms with Crippen LogP contribution in [-0.4, -0.2) is 0 Å². The molecule has 3 aromatic carbocycles. The number of benzene rings is 3. The smallest absolute Gasteiger partial charge is 0.0439 e. The molecule has 0 aliphatic heterocycles. The molecule has 0 atom stereocenters. The topological polar surface area (TPSA) is 12.0 Å². The molecule has 0 saturated heterocycles. The van der Waals surface area contributed by atoms with Crippen LogP contribution in [0, 0.1) is 13.8 Å². The maximum Gasteiger partial charge on any atom is 0.0439 e. The van der Waals surface area contributed by atoms with E-state index in [1.165, 1.54) is 33.5 Å². The number of hydrogen-bond donors (Lipinski definition) is 1. The standard InChI is InChI=1S/C22H21N/c1-17-10-9-11-18(2)22(17)23-16-21(19-12-5-3-6-13-19)20-14-7-4-8-15-20/h3-16,23H,1-2H3. The van der Waals surface area contributed by atoms with Crippen molar-refractivity contribution >= 4 is 11.3 Å². The molecule has 114 valence electrons. The highest BCUT2D eigenvalue weighted by Gasteiger charge is 2.05. The Morgan fingerprint density at radius 1 is 0.652 bits per heavy atom. The van der Waals surface area contributed by atoms with Gasteiger partial charge in [-0.1, -0.05) is 78.9 Å². The quantitative estimate of drug-likeness (QED) is 0.641. The molecule has 3 aromatic rings. The molecular weight excluding hydrogens is 278 g/mol. The lowest BCUT2D eigenvalue weighted by Crippen LogP contribution is -1.97. The van der Waals surface area contributed by atoms with Crippen LogP contribution in [0.2, 0.25) is 0 Å². The van der Waals surface area contributed by atoms with Gasteiger partial charge in [0, 0.05) is 17.5 Å². The van der Waals surface area contributed by atoms with Gasteiger partial charge in [-0.05, 0) is 36.1 Å². The molecule has 0 aliphatic carbocycles. The van der Waals surface area contributed by atoms with Crippen LogP contribution < -0.4 is 5.32 Å². The van der Waals surface area contributed by atoms with Crippen molar-refractivity contribution in [2.75, 3.05) is 5.32 Å². The van der Waals surface area contributed by atoms with Gasteiger partial charge in [0.2, 0.25) is 0 Å². The minimum Gasteiger partial charge on any atom is -0.361 e. The molecule has 0 heterocycles. The summed E-state index contributed by atoms with van der Waals surface area (Å²) >= 11 is 0. The highest BCUT2D eigenvalue weighted by molar-refractivity contribution is 5.81. The molecular formula is C22H21N. The van der Waals surface area contributed by atoms with Crippen LogP contribution in [-0.2, 0) is 0 Å². The predicted octanol–water partition coefficient (Wildman–Crippen LogP) is 5.80. The second-order valence-corrected chi connectivity index (χ2v) is 5.70. The Morgan fingerprint density at radius 3 is 1.61 bits per heavy atom. The van der Waals surface area contributed by atoms with Crippen molar-refractivity contribution in [1.82, 2.24) is 0 Å². The normalized spacial score (nSPS) is 10.2. The van der Waals surface area contributed by atoms with Gasteiger partial charge in [0.25, 0.3) is 0 Å². The van der Waals surface area contributed by atoms with E-state index < -0.39 is 0 Å². The summed E-state index contributed by atoms with van der Waals surface area (Å²) in [6, 6.07) is 27.3. The maximum absolute atomic E-state index is 3.52. The van der Waals surface area contributed by atoms with E-state index in [1.807, 2.05) is 12.1 Å². The van der Waals surface area contributed by atoms with Crippen molar-refractivity contribution in [3.63, 3.8) is 0 Å². The zero-order valence-corrected chi connectivity index (χ0v) is 13.6. The Bertz CT molecular complexity index is 740. The minimum atomic E-state index is 1.18. The molecule has 0 fully saturated rings. The van der Waals surface area contributed by atoms with E-state index >= 15 is 0 Å². The molecule has 1 heteroatoms. The molecule has 0 radical (unpaired) electrons. The van der Waals surface area contributed by atoms with Gasteiger partial charge in [-0.25, -0.2) is 0 Å². The van der Waals surface area contributed by atoms with Crippen LogP contribution in [0.3, 0.4) is 0 Å². The van der Waals surface area contributed by atoms with Crippen molar-refractivity contribution in [2.24, 2.45) is 0 Å². The molecule has 0 bridgehead atoms. The number of rotatable bonds is 4. The molecule has 1 N–H and O–H groups in total. The largest absolute Gasteiger partial charge is 0.361 e. The van der Waals surface area contributed by atoms with E-state index in [0.29, 0.717) is 0 Å². The van der Waals surface area contributed by atoms with Crippen LogP contribution in [0.1, 0.15) is 22.3 Å². The van der Waals surface area contributed by atoms with Gasteiger partial charge in [0.1, 0.15) is 0 Å². The molecule has 1 nitrogen and oxygen atoms in total. The third-order valence-electron chi connectivity index (χ3n) is 4.01. The summed E-state index contributed by atoms with van der Waals surface area (Å²) in [6.07, 6.45) is 2.11. The Kier molecular flexibility index (Phi) is 4.58. The predicted molar refractivity (Wildman–Crippen MR) is 99.5 cm³/mol. The van der Waals surface area contributed by atoms with Gasteiger partial charge in [0.05, 0.1) is 0 Å². The second kappa shape index (κ2) is 6.97. The molecule has 0 aromatic heterocycles. The summed E-state index contributed by atoms with van der Waals surface area (Å²) in [5.41, 5.74) is 7.28. The van der Waals surface area contributed by atoms with E-state index in [1.54, 1.807) is 0 Å². The highest BCUT2D eigenvalue weighted by atomic mass is 14.8. The van der Waals surface area contributed by atoms with Gasteiger partial charge in [-0.15, -0.1) is 0 Å². The Morgan fingerprint density at radius 2 is 1.13 bits per heavy atom. The summed E-state index contributed by atoms with van der Waals surface area (Å²) in [4.78, 5) is 0. The molecule has 0 aliphatic rings. The minimum absolute atomic E-state index is 1.18. The van der Waals surface area contributed by atoms with Gasteiger partial charge in [-0.3, -0.25) is 0 Å². The number of aryl methyl sites for hydroxylation is 2. The fourth-order valence-corrected chi connectivity index (χ4v) is 2.76. The van der Waals surface area contributed by atoms with E-state index in [9.17, 15) is 0 Å².